The lowest BCUT2D eigenvalue weighted by Gasteiger charge is -2.24. The summed E-state index contributed by atoms with van der Waals surface area (Å²) in [5, 5.41) is 3.09. The van der Waals surface area contributed by atoms with Gasteiger partial charge in [-0.1, -0.05) is 0 Å². The van der Waals surface area contributed by atoms with Gasteiger partial charge in [0.25, 0.3) is 0 Å². The molecule has 3 N–H and O–H groups in total. The van der Waals surface area contributed by atoms with E-state index in [-0.39, 0.29) is 0 Å². The first-order valence-electron chi connectivity index (χ1n) is 6.79. The number of nitrogens with one attached hydrogen (secondary N) is 1. The monoisotopic (exact) mass is 263 g/mol. The van der Waals surface area contributed by atoms with Crippen LogP contribution in [0, 0.1) is 0 Å². The Morgan fingerprint density at radius 2 is 2.16 bits per heavy atom. The summed E-state index contributed by atoms with van der Waals surface area (Å²) < 4.78 is 0. The highest BCUT2D eigenvalue weighted by Gasteiger charge is 2.16. The molecule has 0 spiro atoms. The summed E-state index contributed by atoms with van der Waals surface area (Å²) in [4.78, 5) is 7.08. The molecule has 0 amide bonds. The van der Waals surface area contributed by atoms with E-state index >= 15 is 0 Å². The molecule has 0 unspecified atom stereocenters. The summed E-state index contributed by atoms with van der Waals surface area (Å²) >= 11 is 0. The highest BCUT2D eigenvalue weighted by molar-refractivity contribution is 5.71. The van der Waals surface area contributed by atoms with Crippen molar-refractivity contribution in [2.75, 3.05) is 69.9 Å². The van der Waals surface area contributed by atoms with Gasteiger partial charge in [0.15, 0.2) is 0 Å². The number of benzene rings is 1. The average molecular weight is 263 g/mol. The third kappa shape index (κ3) is 3.52. The van der Waals surface area contributed by atoms with E-state index in [0.29, 0.717) is 0 Å². The van der Waals surface area contributed by atoms with Crippen molar-refractivity contribution >= 4 is 17.1 Å². The lowest BCUT2D eigenvalue weighted by atomic mass is 10.2. The number of likely N-dealkylation sites (N-methyl/N-ethyl adjacent to an activating group) is 2. The molecule has 1 aromatic carbocycles. The number of nitrogen functional groups attached to an aromatic ring is 1. The van der Waals surface area contributed by atoms with Crippen molar-refractivity contribution < 1.29 is 0 Å². The van der Waals surface area contributed by atoms with Gasteiger partial charge in [0.05, 0.1) is 18.0 Å². The lowest BCUT2D eigenvalue weighted by Crippen LogP contribution is -2.32. The van der Waals surface area contributed by atoms with Crippen LogP contribution in [0.15, 0.2) is 18.2 Å². The molecular weight excluding hydrogens is 238 g/mol. The smallest absolute Gasteiger partial charge is 0.0572 e. The van der Waals surface area contributed by atoms with Crippen LogP contribution >= 0.6 is 0 Å². The number of nitrogens with zero attached hydrogens (tertiary/aromatic N) is 3. The highest BCUT2D eigenvalue weighted by Crippen LogP contribution is 2.24. The fourth-order valence-electron chi connectivity index (χ4n) is 2.41. The first-order valence-corrected chi connectivity index (χ1v) is 6.79. The van der Waals surface area contributed by atoms with Gasteiger partial charge in [-0.15, -0.1) is 0 Å². The Labute approximate surface area is 116 Å². The molecule has 1 fully saturated rings. The lowest BCUT2D eigenvalue weighted by molar-refractivity contribution is 0.279. The van der Waals surface area contributed by atoms with Crippen molar-refractivity contribution in [3.05, 3.63) is 18.2 Å². The van der Waals surface area contributed by atoms with Crippen molar-refractivity contribution in [2.24, 2.45) is 0 Å². The summed E-state index contributed by atoms with van der Waals surface area (Å²) in [6.45, 7) is 5.54. The van der Waals surface area contributed by atoms with E-state index in [1.54, 1.807) is 0 Å². The molecule has 1 heterocycles. The van der Waals surface area contributed by atoms with Crippen LogP contribution in [0.2, 0.25) is 0 Å². The van der Waals surface area contributed by atoms with E-state index < -0.39 is 0 Å². The molecule has 0 aliphatic carbocycles. The minimum Gasteiger partial charge on any atom is -0.397 e. The van der Waals surface area contributed by atoms with Crippen molar-refractivity contribution in [1.82, 2.24) is 9.80 Å². The summed E-state index contributed by atoms with van der Waals surface area (Å²) in [5.41, 5.74) is 8.95. The van der Waals surface area contributed by atoms with Crippen LogP contribution in [0.5, 0.6) is 0 Å². The largest absolute Gasteiger partial charge is 0.397 e. The second-order valence-corrected chi connectivity index (χ2v) is 5.28. The van der Waals surface area contributed by atoms with E-state index in [9.17, 15) is 0 Å². The molecule has 2 rings (SSSR count). The molecule has 1 aromatic rings. The minimum absolute atomic E-state index is 0.799. The molecule has 1 saturated heterocycles. The van der Waals surface area contributed by atoms with Crippen LogP contribution in [-0.4, -0.2) is 63.8 Å². The van der Waals surface area contributed by atoms with Crippen LogP contribution in [-0.2, 0) is 0 Å². The van der Waals surface area contributed by atoms with Crippen LogP contribution in [0.3, 0.4) is 0 Å². The maximum absolute atomic E-state index is 6.00. The zero-order valence-electron chi connectivity index (χ0n) is 12.2. The molecule has 0 atom stereocenters. The fourth-order valence-corrected chi connectivity index (χ4v) is 2.41. The molecule has 5 nitrogen and oxygen atoms in total. The maximum atomic E-state index is 6.00. The number of nitrogens with two attached hydrogens (primary N) is 1. The molecule has 5 heteroatoms. The molecule has 1 aliphatic rings. The Balaban J connectivity index is 1.89. The standard InChI is InChI=1S/C14H25N5/c1-16-14-5-4-12(10-13(14)15)18(3)7-9-19-8-6-17(2)11-19/h4-5,10,16H,6-9,11,15H2,1-3H3. The third-order valence-electron chi connectivity index (χ3n) is 3.74. The SMILES string of the molecule is CNc1ccc(N(C)CCN2CCN(C)C2)cc1N. The molecule has 0 radical (unpaired) electrons. The Bertz CT molecular complexity index is 420. The molecule has 1 aliphatic heterocycles. The normalized spacial score (nSPS) is 16.8. The zero-order valence-corrected chi connectivity index (χ0v) is 12.2. The maximum Gasteiger partial charge on any atom is 0.0572 e. The Morgan fingerprint density at radius 3 is 2.74 bits per heavy atom. The van der Waals surface area contributed by atoms with Gasteiger partial charge in [-0.25, -0.2) is 0 Å². The molecule has 0 bridgehead atoms. The van der Waals surface area contributed by atoms with E-state index in [2.05, 4.69) is 40.2 Å². The van der Waals surface area contributed by atoms with Crippen LogP contribution in [0.4, 0.5) is 17.1 Å². The number of hydrogen-bond donors (Lipinski definition) is 2. The predicted molar refractivity (Wildman–Crippen MR) is 82.7 cm³/mol. The third-order valence-corrected chi connectivity index (χ3v) is 3.74. The summed E-state index contributed by atoms with van der Waals surface area (Å²) in [6, 6.07) is 6.17. The molecular formula is C14H25N5. The van der Waals surface area contributed by atoms with E-state index in [1.807, 2.05) is 19.2 Å². The van der Waals surface area contributed by atoms with Gasteiger partial charge in [0.2, 0.25) is 0 Å². The van der Waals surface area contributed by atoms with Gasteiger partial charge < -0.3 is 16.0 Å². The van der Waals surface area contributed by atoms with Crippen LogP contribution in [0.25, 0.3) is 0 Å². The first-order chi connectivity index (χ1) is 9.10. The zero-order chi connectivity index (χ0) is 13.8. The molecule has 0 aromatic heterocycles. The fraction of sp³-hybridized carbons (Fsp3) is 0.571. The summed E-state index contributed by atoms with van der Waals surface area (Å²) in [6.07, 6.45) is 0. The van der Waals surface area contributed by atoms with Gasteiger partial charge in [-0.3, -0.25) is 9.80 Å². The number of anilines is 3. The van der Waals surface area contributed by atoms with E-state index in [4.69, 9.17) is 5.73 Å². The van der Waals surface area contributed by atoms with Gasteiger partial charge in [-0.2, -0.15) is 0 Å². The second-order valence-electron chi connectivity index (χ2n) is 5.28. The van der Waals surface area contributed by atoms with Gasteiger partial charge >= 0.3 is 0 Å². The number of hydrogen-bond acceptors (Lipinski definition) is 5. The molecule has 0 saturated carbocycles. The second kappa shape index (κ2) is 6.12. The summed E-state index contributed by atoms with van der Waals surface area (Å²) in [7, 11) is 6.17. The van der Waals surface area contributed by atoms with E-state index in [0.717, 1.165) is 31.1 Å². The van der Waals surface area contributed by atoms with Crippen molar-refractivity contribution in [1.29, 1.82) is 0 Å². The quantitative estimate of drug-likeness (QED) is 0.775. The topological polar surface area (TPSA) is 47.8 Å². The minimum atomic E-state index is 0.799. The Hall–Kier alpha value is -1.46. The van der Waals surface area contributed by atoms with Gasteiger partial charge in [-0.05, 0) is 25.2 Å². The first kappa shape index (κ1) is 14.0. The highest BCUT2D eigenvalue weighted by atomic mass is 15.4. The molecule has 19 heavy (non-hydrogen) atoms. The Kier molecular flexibility index (Phi) is 4.50. The molecule has 106 valence electrons. The van der Waals surface area contributed by atoms with Crippen LogP contribution < -0.4 is 16.0 Å². The van der Waals surface area contributed by atoms with Crippen molar-refractivity contribution in [2.45, 2.75) is 0 Å². The van der Waals surface area contributed by atoms with Crippen molar-refractivity contribution in [3.8, 4) is 0 Å². The van der Waals surface area contributed by atoms with Gasteiger partial charge in [0, 0.05) is 46.0 Å². The van der Waals surface area contributed by atoms with Crippen LogP contribution in [0.1, 0.15) is 0 Å². The van der Waals surface area contributed by atoms with Crippen molar-refractivity contribution in [3.63, 3.8) is 0 Å². The predicted octanol–water partition coefficient (Wildman–Crippen LogP) is 0.952. The van der Waals surface area contributed by atoms with Gasteiger partial charge in [0.1, 0.15) is 0 Å². The number of rotatable bonds is 5. The van der Waals surface area contributed by atoms with E-state index in [1.165, 1.54) is 18.8 Å². The summed E-state index contributed by atoms with van der Waals surface area (Å²) in [5.74, 6) is 0. The average Bonchev–Trinajstić information content (AvgIpc) is 2.81. The Morgan fingerprint density at radius 1 is 1.37 bits per heavy atom.